The predicted octanol–water partition coefficient (Wildman–Crippen LogP) is 2.22. The molecule has 0 unspecified atom stereocenters. The summed E-state index contributed by atoms with van der Waals surface area (Å²) in [7, 11) is 3.03. The summed E-state index contributed by atoms with van der Waals surface area (Å²) >= 11 is 0. The van der Waals surface area contributed by atoms with Crippen molar-refractivity contribution in [3.8, 4) is 11.6 Å². The third-order valence-electron chi connectivity index (χ3n) is 3.56. The van der Waals surface area contributed by atoms with E-state index in [4.69, 9.17) is 9.47 Å². The molecule has 0 fully saturated rings. The van der Waals surface area contributed by atoms with Crippen molar-refractivity contribution in [3.05, 3.63) is 52.1 Å². The first kappa shape index (κ1) is 18.5. The number of hydrogen-bond donors (Lipinski definition) is 1. The van der Waals surface area contributed by atoms with Crippen LogP contribution in [0, 0.1) is 5.92 Å². The van der Waals surface area contributed by atoms with Crippen molar-refractivity contribution in [1.29, 1.82) is 0 Å². The molecule has 2 rings (SSSR count). The smallest absolute Gasteiger partial charge is 0.329 e. The van der Waals surface area contributed by atoms with Crippen LogP contribution in [0.3, 0.4) is 0 Å². The maximum Gasteiger partial charge on any atom is 0.329 e. The minimum absolute atomic E-state index is 0.229. The van der Waals surface area contributed by atoms with Gasteiger partial charge in [-0.15, -0.1) is 0 Å². The summed E-state index contributed by atoms with van der Waals surface area (Å²) in [5.74, 6) is 1.17. The van der Waals surface area contributed by atoms with Crippen LogP contribution in [-0.4, -0.2) is 29.8 Å². The fourth-order valence-electron chi connectivity index (χ4n) is 2.33. The van der Waals surface area contributed by atoms with Crippen molar-refractivity contribution in [3.63, 3.8) is 0 Å². The second-order valence-corrected chi connectivity index (χ2v) is 6.01. The highest BCUT2D eigenvalue weighted by Crippen LogP contribution is 2.12. The highest BCUT2D eigenvalue weighted by Gasteiger charge is 2.15. The summed E-state index contributed by atoms with van der Waals surface area (Å²) in [5.41, 5.74) is 0.743. The molecule has 1 aromatic carbocycles. The highest BCUT2D eigenvalue weighted by molar-refractivity contribution is 5.76. The predicted molar refractivity (Wildman–Crippen MR) is 94.2 cm³/mol. The molecule has 0 spiro atoms. The number of ether oxygens (including phenoxy) is 2. The summed E-state index contributed by atoms with van der Waals surface area (Å²) in [6, 6.07) is 6.81. The molecule has 1 amide bonds. The van der Waals surface area contributed by atoms with Crippen molar-refractivity contribution in [1.82, 2.24) is 14.9 Å². The van der Waals surface area contributed by atoms with Gasteiger partial charge in [-0.1, -0.05) is 26.0 Å². The molecule has 1 N–H and O–H groups in total. The lowest BCUT2D eigenvalue weighted by Gasteiger charge is -2.12. The maximum absolute atomic E-state index is 12.5. The zero-order valence-electron chi connectivity index (χ0n) is 14.9. The van der Waals surface area contributed by atoms with Crippen molar-refractivity contribution in [2.24, 2.45) is 5.92 Å². The summed E-state index contributed by atoms with van der Waals surface area (Å²) in [6.07, 6.45) is 1.77. The molecule has 2 aromatic rings. The van der Waals surface area contributed by atoms with Crippen molar-refractivity contribution in [2.75, 3.05) is 14.2 Å². The first-order valence-corrected chi connectivity index (χ1v) is 8.02. The Morgan fingerprint density at radius 3 is 2.68 bits per heavy atom. The Hall–Kier alpha value is -2.83. The van der Waals surface area contributed by atoms with Gasteiger partial charge in [0.1, 0.15) is 11.4 Å². The van der Waals surface area contributed by atoms with Crippen LogP contribution in [0.5, 0.6) is 11.6 Å². The SMILES string of the molecule is COc1cccc(CNC(=O)n2cc(OC)nc(CC(C)C)c2=O)c1. The van der Waals surface area contributed by atoms with E-state index in [1.807, 2.05) is 38.1 Å². The average molecular weight is 345 g/mol. The van der Waals surface area contributed by atoms with Crippen LogP contribution >= 0.6 is 0 Å². The molecular weight excluding hydrogens is 322 g/mol. The van der Waals surface area contributed by atoms with E-state index in [1.165, 1.54) is 13.3 Å². The molecule has 25 heavy (non-hydrogen) atoms. The fourth-order valence-corrected chi connectivity index (χ4v) is 2.33. The average Bonchev–Trinajstić information content (AvgIpc) is 2.61. The third-order valence-corrected chi connectivity index (χ3v) is 3.56. The lowest BCUT2D eigenvalue weighted by atomic mass is 10.1. The zero-order chi connectivity index (χ0) is 18.4. The number of rotatable bonds is 6. The van der Waals surface area contributed by atoms with E-state index in [1.54, 1.807) is 7.11 Å². The summed E-state index contributed by atoms with van der Waals surface area (Å²) in [6.45, 7) is 4.23. The molecule has 7 heteroatoms. The second-order valence-electron chi connectivity index (χ2n) is 6.01. The van der Waals surface area contributed by atoms with Gasteiger partial charge in [0.05, 0.1) is 20.4 Å². The molecule has 0 atom stereocenters. The number of methoxy groups -OCH3 is 2. The normalized spacial score (nSPS) is 10.6. The largest absolute Gasteiger partial charge is 0.497 e. The molecule has 0 saturated carbocycles. The van der Waals surface area contributed by atoms with Crippen LogP contribution in [-0.2, 0) is 13.0 Å². The van der Waals surface area contributed by atoms with Gasteiger partial charge in [0.25, 0.3) is 5.56 Å². The van der Waals surface area contributed by atoms with E-state index >= 15 is 0 Å². The van der Waals surface area contributed by atoms with Crippen molar-refractivity contribution >= 4 is 6.03 Å². The molecule has 0 bridgehead atoms. The van der Waals surface area contributed by atoms with E-state index in [-0.39, 0.29) is 18.3 Å². The Balaban J connectivity index is 2.21. The molecule has 0 saturated heterocycles. The zero-order valence-corrected chi connectivity index (χ0v) is 14.9. The second kappa shape index (κ2) is 8.32. The monoisotopic (exact) mass is 345 g/mol. The number of nitrogens with zero attached hydrogens (tertiary/aromatic N) is 2. The minimum atomic E-state index is -0.529. The van der Waals surface area contributed by atoms with E-state index in [2.05, 4.69) is 10.3 Å². The van der Waals surface area contributed by atoms with Gasteiger partial charge in [-0.05, 0) is 30.0 Å². The maximum atomic E-state index is 12.5. The fraction of sp³-hybridized carbons (Fsp3) is 0.389. The Bertz CT molecular complexity index is 799. The van der Waals surface area contributed by atoms with Gasteiger partial charge in [-0.2, -0.15) is 0 Å². The number of carbonyl (C=O) groups is 1. The van der Waals surface area contributed by atoms with E-state index in [0.29, 0.717) is 17.9 Å². The molecule has 1 heterocycles. The molecule has 0 aliphatic rings. The van der Waals surface area contributed by atoms with Crippen LogP contribution < -0.4 is 20.3 Å². The van der Waals surface area contributed by atoms with Gasteiger partial charge >= 0.3 is 6.03 Å². The summed E-state index contributed by atoms with van der Waals surface area (Å²) < 4.78 is 11.3. The number of hydrogen-bond acceptors (Lipinski definition) is 5. The summed E-state index contributed by atoms with van der Waals surface area (Å²) in [4.78, 5) is 29.1. The quantitative estimate of drug-likeness (QED) is 0.868. The van der Waals surface area contributed by atoms with E-state index in [9.17, 15) is 9.59 Å². The van der Waals surface area contributed by atoms with Crippen LogP contribution in [0.4, 0.5) is 4.79 Å². The first-order valence-electron chi connectivity index (χ1n) is 8.02. The van der Waals surface area contributed by atoms with Crippen LogP contribution in [0.1, 0.15) is 25.1 Å². The first-order chi connectivity index (χ1) is 11.9. The van der Waals surface area contributed by atoms with Gasteiger partial charge < -0.3 is 14.8 Å². The number of carbonyl (C=O) groups excluding carboxylic acids is 1. The number of amides is 1. The van der Waals surface area contributed by atoms with Gasteiger partial charge in [-0.25, -0.2) is 14.3 Å². The molecular formula is C18H23N3O4. The molecule has 7 nitrogen and oxygen atoms in total. The van der Waals surface area contributed by atoms with Crippen molar-refractivity contribution in [2.45, 2.75) is 26.8 Å². The highest BCUT2D eigenvalue weighted by atomic mass is 16.5. The lowest BCUT2D eigenvalue weighted by Crippen LogP contribution is -2.37. The van der Waals surface area contributed by atoms with Gasteiger partial charge in [-0.3, -0.25) is 4.79 Å². The topological polar surface area (TPSA) is 82.4 Å². The van der Waals surface area contributed by atoms with Gasteiger partial charge in [0.15, 0.2) is 0 Å². The Labute approximate surface area is 146 Å². The van der Waals surface area contributed by atoms with E-state index < -0.39 is 11.6 Å². The minimum Gasteiger partial charge on any atom is -0.497 e. The Morgan fingerprint density at radius 1 is 1.28 bits per heavy atom. The number of benzene rings is 1. The third kappa shape index (κ3) is 4.82. The molecule has 0 radical (unpaired) electrons. The van der Waals surface area contributed by atoms with Gasteiger partial charge in [0, 0.05) is 6.54 Å². The van der Waals surface area contributed by atoms with Crippen LogP contribution in [0.25, 0.3) is 0 Å². The molecule has 0 aliphatic carbocycles. The molecule has 134 valence electrons. The Kier molecular flexibility index (Phi) is 6.16. The number of nitrogens with one attached hydrogen (secondary N) is 1. The van der Waals surface area contributed by atoms with Crippen molar-refractivity contribution < 1.29 is 14.3 Å². The molecule has 1 aromatic heterocycles. The Morgan fingerprint density at radius 2 is 2.04 bits per heavy atom. The van der Waals surface area contributed by atoms with Crippen LogP contribution in [0.15, 0.2) is 35.3 Å². The molecule has 0 aliphatic heterocycles. The van der Waals surface area contributed by atoms with Crippen LogP contribution in [0.2, 0.25) is 0 Å². The number of aromatic nitrogens is 2. The standard InChI is InChI=1S/C18H23N3O4/c1-12(2)8-15-17(22)21(11-16(20-15)25-4)18(23)19-10-13-6-5-7-14(9-13)24-3/h5-7,9,11-12H,8,10H2,1-4H3,(H,19,23). The summed E-state index contributed by atoms with van der Waals surface area (Å²) in [5, 5.41) is 2.72. The van der Waals surface area contributed by atoms with Gasteiger partial charge in [0.2, 0.25) is 5.88 Å². The lowest BCUT2D eigenvalue weighted by molar-refractivity contribution is 0.240. The van der Waals surface area contributed by atoms with E-state index in [0.717, 1.165) is 10.1 Å².